The molecule has 27 heavy (non-hydrogen) atoms. The maximum atomic E-state index is 12.6. The molecule has 2 N–H and O–H groups in total. The Bertz CT molecular complexity index is 1140. The highest BCUT2D eigenvalue weighted by atomic mass is 16.2. The number of hydrogen-bond acceptors (Lipinski definition) is 5. The quantitative estimate of drug-likeness (QED) is 0.726. The molecule has 134 valence electrons. The van der Waals surface area contributed by atoms with Gasteiger partial charge in [0.15, 0.2) is 5.69 Å². The summed E-state index contributed by atoms with van der Waals surface area (Å²) >= 11 is 0. The second-order valence-corrected chi connectivity index (χ2v) is 5.68. The fourth-order valence-electron chi connectivity index (χ4n) is 2.63. The Morgan fingerprint density at radius 3 is 2.59 bits per heavy atom. The molecule has 0 spiro atoms. The summed E-state index contributed by atoms with van der Waals surface area (Å²) < 4.78 is 0.955. The zero-order chi connectivity index (χ0) is 19.4. The fraction of sp³-hybridized carbons (Fsp3) is 0.105. The van der Waals surface area contributed by atoms with Crippen LogP contribution in [0.1, 0.15) is 16.1 Å². The van der Waals surface area contributed by atoms with Crippen LogP contribution in [0.3, 0.4) is 0 Å². The number of carbonyl (C=O) groups excluding carboxylic acids is 2. The van der Waals surface area contributed by atoms with Gasteiger partial charge in [-0.25, -0.2) is 4.68 Å². The largest absolute Gasteiger partial charge is 0.354 e. The average Bonchev–Trinajstić information content (AvgIpc) is 2.69. The van der Waals surface area contributed by atoms with E-state index in [-0.39, 0.29) is 12.2 Å². The van der Waals surface area contributed by atoms with E-state index in [2.05, 4.69) is 15.7 Å². The van der Waals surface area contributed by atoms with Gasteiger partial charge in [0.05, 0.1) is 17.0 Å². The van der Waals surface area contributed by atoms with Crippen LogP contribution < -0.4 is 16.2 Å². The molecule has 0 saturated heterocycles. The van der Waals surface area contributed by atoms with E-state index in [1.165, 1.54) is 13.1 Å². The SMILES string of the molecule is CNC(=O)c1nn(CC(=O)Nc2cccc(C#N)c2)c(=O)c2ccccc12. The number of carbonyl (C=O) groups is 2. The van der Waals surface area contributed by atoms with Gasteiger partial charge in [0.1, 0.15) is 6.54 Å². The minimum Gasteiger partial charge on any atom is -0.354 e. The molecule has 0 aliphatic rings. The highest BCUT2D eigenvalue weighted by Gasteiger charge is 2.17. The summed E-state index contributed by atoms with van der Waals surface area (Å²) in [7, 11) is 1.46. The van der Waals surface area contributed by atoms with Gasteiger partial charge in [0.2, 0.25) is 5.91 Å². The summed E-state index contributed by atoms with van der Waals surface area (Å²) in [5.41, 5.74) is 0.418. The van der Waals surface area contributed by atoms with Crippen molar-refractivity contribution in [2.45, 2.75) is 6.54 Å². The molecule has 0 bridgehead atoms. The zero-order valence-electron chi connectivity index (χ0n) is 14.4. The molecule has 0 atom stereocenters. The molecule has 3 rings (SSSR count). The molecule has 1 heterocycles. The third-order valence-corrected chi connectivity index (χ3v) is 3.88. The first kappa shape index (κ1) is 17.8. The fourth-order valence-corrected chi connectivity index (χ4v) is 2.63. The molecule has 0 radical (unpaired) electrons. The Morgan fingerprint density at radius 1 is 1.15 bits per heavy atom. The predicted octanol–water partition coefficient (Wildman–Crippen LogP) is 1.27. The summed E-state index contributed by atoms with van der Waals surface area (Å²) in [5.74, 6) is -0.958. The lowest BCUT2D eigenvalue weighted by Crippen LogP contribution is -2.33. The number of nitrogens with one attached hydrogen (secondary N) is 2. The molecule has 2 amide bonds. The normalized spacial score (nSPS) is 10.2. The van der Waals surface area contributed by atoms with E-state index in [4.69, 9.17) is 5.26 Å². The van der Waals surface area contributed by atoms with Crippen LogP contribution >= 0.6 is 0 Å². The Hall–Kier alpha value is -3.99. The molecular formula is C19H15N5O3. The Labute approximate surface area is 154 Å². The van der Waals surface area contributed by atoms with Gasteiger partial charge in [-0.15, -0.1) is 0 Å². The van der Waals surface area contributed by atoms with Crippen LogP contribution in [0.15, 0.2) is 53.3 Å². The number of benzene rings is 2. The van der Waals surface area contributed by atoms with Crippen molar-refractivity contribution in [3.05, 3.63) is 70.1 Å². The van der Waals surface area contributed by atoms with E-state index < -0.39 is 17.4 Å². The Kier molecular flexibility index (Phi) is 4.95. The Morgan fingerprint density at radius 2 is 1.89 bits per heavy atom. The van der Waals surface area contributed by atoms with E-state index in [0.717, 1.165) is 4.68 Å². The molecule has 8 heteroatoms. The van der Waals surface area contributed by atoms with Crippen LogP contribution in [0.5, 0.6) is 0 Å². The summed E-state index contributed by atoms with van der Waals surface area (Å²) in [4.78, 5) is 37.1. The number of fused-ring (bicyclic) bond motifs is 1. The van der Waals surface area contributed by atoms with E-state index in [9.17, 15) is 14.4 Å². The van der Waals surface area contributed by atoms with Gasteiger partial charge < -0.3 is 10.6 Å². The summed E-state index contributed by atoms with van der Waals surface area (Å²) in [5, 5.41) is 18.8. The van der Waals surface area contributed by atoms with Crippen LogP contribution in [-0.2, 0) is 11.3 Å². The third-order valence-electron chi connectivity index (χ3n) is 3.88. The number of aromatic nitrogens is 2. The standard InChI is InChI=1S/C19H15N5O3/c1-21-18(26)17-14-7-2-3-8-15(14)19(27)24(23-17)11-16(25)22-13-6-4-5-12(9-13)10-20/h2-9H,11H2,1H3,(H,21,26)(H,22,25). The first-order valence-corrected chi connectivity index (χ1v) is 8.05. The van der Waals surface area contributed by atoms with Crippen molar-refractivity contribution in [2.24, 2.45) is 0 Å². The van der Waals surface area contributed by atoms with Gasteiger partial charge in [-0.3, -0.25) is 14.4 Å². The van der Waals surface area contributed by atoms with Gasteiger partial charge in [0, 0.05) is 18.1 Å². The monoisotopic (exact) mass is 361 g/mol. The second kappa shape index (κ2) is 7.49. The first-order valence-electron chi connectivity index (χ1n) is 8.05. The van der Waals surface area contributed by atoms with Gasteiger partial charge >= 0.3 is 0 Å². The molecule has 8 nitrogen and oxygen atoms in total. The predicted molar refractivity (Wildman–Crippen MR) is 99.2 cm³/mol. The summed E-state index contributed by atoms with van der Waals surface area (Å²) in [6.45, 7) is -0.371. The van der Waals surface area contributed by atoms with Crippen molar-refractivity contribution in [1.29, 1.82) is 5.26 Å². The van der Waals surface area contributed by atoms with E-state index in [0.29, 0.717) is 22.0 Å². The number of hydrogen-bond donors (Lipinski definition) is 2. The highest BCUT2D eigenvalue weighted by Crippen LogP contribution is 2.13. The van der Waals surface area contributed by atoms with Gasteiger partial charge in [0.25, 0.3) is 11.5 Å². The smallest absolute Gasteiger partial charge is 0.275 e. The third kappa shape index (κ3) is 3.67. The van der Waals surface area contributed by atoms with Crippen molar-refractivity contribution in [3.63, 3.8) is 0 Å². The molecule has 0 fully saturated rings. The van der Waals surface area contributed by atoms with Crippen LogP contribution in [0.25, 0.3) is 10.8 Å². The number of rotatable bonds is 4. The number of amides is 2. The minimum absolute atomic E-state index is 0.0620. The van der Waals surface area contributed by atoms with Crippen LogP contribution in [0.4, 0.5) is 5.69 Å². The number of anilines is 1. The first-order chi connectivity index (χ1) is 13.0. The van der Waals surface area contributed by atoms with Crippen LogP contribution in [0.2, 0.25) is 0 Å². The number of nitrogens with zero attached hydrogens (tertiary/aromatic N) is 3. The van der Waals surface area contributed by atoms with Gasteiger partial charge in [-0.2, -0.15) is 10.4 Å². The van der Waals surface area contributed by atoms with Crippen LogP contribution in [0, 0.1) is 11.3 Å². The van der Waals surface area contributed by atoms with Crippen molar-refractivity contribution in [3.8, 4) is 6.07 Å². The van der Waals surface area contributed by atoms with E-state index >= 15 is 0 Å². The molecule has 0 saturated carbocycles. The summed E-state index contributed by atoms with van der Waals surface area (Å²) in [6, 6.07) is 15.0. The van der Waals surface area contributed by atoms with Crippen molar-refractivity contribution in [2.75, 3.05) is 12.4 Å². The molecule has 0 unspecified atom stereocenters. The Balaban J connectivity index is 1.95. The average molecular weight is 361 g/mol. The maximum absolute atomic E-state index is 12.6. The highest BCUT2D eigenvalue weighted by molar-refractivity contribution is 6.04. The molecule has 0 aliphatic carbocycles. The molecule has 0 aliphatic heterocycles. The van der Waals surface area contributed by atoms with Crippen molar-refractivity contribution >= 4 is 28.3 Å². The van der Waals surface area contributed by atoms with Gasteiger partial charge in [-0.05, 0) is 24.3 Å². The van der Waals surface area contributed by atoms with Gasteiger partial charge in [-0.1, -0.05) is 24.3 Å². The molecule has 3 aromatic rings. The lowest BCUT2D eigenvalue weighted by atomic mass is 10.1. The molecule has 2 aromatic carbocycles. The molecule has 1 aromatic heterocycles. The lowest BCUT2D eigenvalue weighted by molar-refractivity contribution is -0.117. The molecular weight excluding hydrogens is 346 g/mol. The topological polar surface area (TPSA) is 117 Å². The minimum atomic E-state index is -0.502. The zero-order valence-corrected chi connectivity index (χ0v) is 14.4. The maximum Gasteiger partial charge on any atom is 0.275 e. The van der Waals surface area contributed by atoms with E-state index in [1.807, 2.05) is 6.07 Å². The second-order valence-electron chi connectivity index (χ2n) is 5.68. The van der Waals surface area contributed by atoms with Crippen molar-refractivity contribution < 1.29 is 9.59 Å². The van der Waals surface area contributed by atoms with Crippen molar-refractivity contribution in [1.82, 2.24) is 15.1 Å². The van der Waals surface area contributed by atoms with Crippen LogP contribution in [-0.4, -0.2) is 28.6 Å². The summed E-state index contributed by atoms with van der Waals surface area (Å²) in [6.07, 6.45) is 0. The van der Waals surface area contributed by atoms with E-state index in [1.54, 1.807) is 42.5 Å². The number of nitriles is 1. The lowest BCUT2D eigenvalue weighted by Gasteiger charge is -2.10.